The molecule has 0 radical (unpaired) electrons. The number of nitrogens with two attached hydrogens (primary N) is 1. The normalized spacial score (nSPS) is 15.2. The fraction of sp³-hybridized carbons (Fsp3) is 0.917. The second kappa shape index (κ2) is 7.63. The Morgan fingerprint density at radius 3 is 2.35 bits per heavy atom. The first-order chi connectivity index (χ1) is 9.10. The first-order valence-electron chi connectivity index (χ1n) is 6.60. The van der Waals surface area contributed by atoms with E-state index in [9.17, 15) is 4.79 Å². The van der Waals surface area contributed by atoms with Crippen LogP contribution < -0.4 is 5.73 Å². The van der Waals surface area contributed by atoms with E-state index in [4.69, 9.17) is 15.7 Å². The SMILES string of the molecule is COC(=O)[C@@H](N=[N+]=[N-])[C@H](CCN)O[Si](C)(C)C(C)(C)C. The van der Waals surface area contributed by atoms with Crippen LogP contribution in [0.2, 0.25) is 18.1 Å². The lowest BCUT2D eigenvalue weighted by Crippen LogP contribution is -2.49. The number of carbonyl (C=O) groups is 1. The minimum Gasteiger partial charge on any atom is -0.469 e. The van der Waals surface area contributed by atoms with Gasteiger partial charge in [0.15, 0.2) is 14.4 Å². The first-order valence-corrected chi connectivity index (χ1v) is 9.51. The summed E-state index contributed by atoms with van der Waals surface area (Å²) in [5.41, 5.74) is 14.2. The average molecular weight is 302 g/mol. The third-order valence-electron chi connectivity index (χ3n) is 3.67. The van der Waals surface area contributed by atoms with Gasteiger partial charge in [0.1, 0.15) is 0 Å². The van der Waals surface area contributed by atoms with Gasteiger partial charge in [-0.05, 0) is 36.6 Å². The molecular formula is C12H26N4O3Si. The van der Waals surface area contributed by atoms with Crippen molar-refractivity contribution in [3.05, 3.63) is 10.4 Å². The minimum absolute atomic E-state index is 0.0170. The van der Waals surface area contributed by atoms with Gasteiger partial charge in [0.25, 0.3) is 0 Å². The lowest BCUT2D eigenvalue weighted by molar-refractivity contribution is -0.144. The molecule has 0 aliphatic rings. The molecule has 0 amide bonds. The summed E-state index contributed by atoms with van der Waals surface area (Å²) in [5.74, 6) is -0.597. The van der Waals surface area contributed by atoms with Crippen LogP contribution in [0.3, 0.4) is 0 Å². The number of azide groups is 1. The molecular weight excluding hydrogens is 276 g/mol. The van der Waals surface area contributed by atoms with E-state index < -0.39 is 26.4 Å². The number of rotatable bonds is 7. The number of hydrogen-bond donors (Lipinski definition) is 1. The van der Waals surface area contributed by atoms with Crippen LogP contribution in [0.1, 0.15) is 27.2 Å². The third kappa shape index (κ3) is 5.13. The zero-order valence-electron chi connectivity index (χ0n) is 13.2. The molecule has 0 saturated carbocycles. The summed E-state index contributed by atoms with van der Waals surface area (Å²) >= 11 is 0. The van der Waals surface area contributed by atoms with Crippen molar-refractivity contribution in [2.75, 3.05) is 13.7 Å². The van der Waals surface area contributed by atoms with Crippen molar-refractivity contribution >= 4 is 14.3 Å². The Hall–Kier alpha value is -1.08. The van der Waals surface area contributed by atoms with Gasteiger partial charge < -0.3 is 14.9 Å². The molecule has 116 valence electrons. The quantitative estimate of drug-likeness (QED) is 0.256. The van der Waals surface area contributed by atoms with Crippen molar-refractivity contribution in [1.82, 2.24) is 0 Å². The molecule has 8 heteroatoms. The van der Waals surface area contributed by atoms with Gasteiger partial charge in [0.05, 0.1) is 13.2 Å². The Morgan fingerprint density at radius 1 is 1.45 bits per heavy atom. The van der Waals surface area contributed by atoms with Crippen LogP contribution in [0.15, 0.2) is 5.11 Å². The van der Waals surface area contributed by atoms with Gasteiger partial charge in [0.2, 0.25) is 0 Å². The summed E-state index contributed by atoms with van der Waals surface area (Å²) in [7, 11) is -0.844. The lowest BCUT2D eigenvalue weighted by Gasteiger charge is -2.40. The summed E-state index contributed by atoms with van der Waals surface area (Å²) in [6.07, 6.45) is -0.116. The van der Waals surface area contributed by atoms with Crippen molar-refractivity contribution in [2.45, 2.75) is 57.5 Å². The lowest BCUT2D eigenvalue weighted by atomic mass is 10.1. The number of ether oxygens (including phenoxy) is 1. The van der Waals surface area contributed by atoms with Crippen LogP contribution in [0.25, 0.3) is 10.4 Å². The fourth-order valence-electron chi connectivity index (χ4n) is 1.45. The van der Waals surface area contributed by atoms with Crippen molar-refractivity contribution in [3.8, 4) is 0 Å². The fourth-order valence-corrected chi connectivity index (χ4v) is 2.81. The second-order valence-corrected chi connectivity index (χ2v) is 10.9. The molecule has 0 aromatic carbocycles. The molecule has 0 aromatic rings. The molecule has 0 aliphatic carbocycles. The van der Waals surface area contributed by atoms with E-state index in [2.05, 4.69) is 48.6 Å². The molecule has 2 atom stereocenters. The van der Waals surface area contributed by atoms with Crippen LogP contribution in [-0.2, 0) is 14.0 Å². The maximum Gasteiger partial charge on any atom is 0.317 e. The number of carbonyl (C=O) groups excluding carboxylic acids is 1. The molecule has 0 unspecified atom stereocenters. The van der Waals surface area contributed by atoms with Gasteiger partial charge in [-0.15, -0.1) is 0 Å². The number of methoxy groups -OCH3 is 1. The summed E-state index contributed by atoms with van der Waals surface area (Å²) < 4.78 is 10.9. The highest BCUT2D eigenvalue weighted by Gasteiger charge is 2.42. The smallest absolute Gasteiger partial charge is 0.317 e. The zero-order valence-corrected chi connectivity index (χ0v) is 14.2. The van der Waals surface area contributed by atoms with Gasteiger partial charge >= 0.3 is 5.97 Å². The van der Waals surface area contributed by atoms with Crippen molar-refractivity contribution < 1.29 is 14.0 Å². The predicted molar refractivity (Wildman–Crippen MR) is 80.7 cm³/mol. The molecule has 7 nitrogen and oxygen atoms in total. The van der Waals surface area contributed by atoms with Crippen LogP contribution in [0.4, 0.5) is 0 Å². The summed E-state index contributed by atoms with van der Waals surface area (Å²) in [4.78, 5) is 14.5. The van der Waals surface area contributed by atoms with Gasteiger partial charge in [-0.3, -0.25) is 4.79 Å². The van der Waals surface area contributed by atoms with Gasteiger partial charge in [-0.1, -0.05) is 25.9 Å². The van der Waals surface area contributed by atoms with E-state index in [0.29, 0.717) is 13.0 Å². The monoisotopic (exact) mass is 302 g/mol. The topological polar surface area (TPSA) is 110 Å². The molecule has 0 saturated heterocycles. The number of esters is 1. The first kappa shape index (κ1) is 18.9. The molecule has 0 aromatic heterocycles. The Labute approximate surface area is 121 Å². The third-order valence-corrected chi connectivity index (χ3v) is 8.18. The standard InChI is InChI=1S/C12H26N4O3Si/c1-12(2,3)20(5,6)19-9(7-8-13)10(15-16-14)11(17)18-4/h9-10H,7-8,13H2,1-6H3/t9-,10-/m0/s1. The van der Waals surface area contributed by atoms with Crippen molar-refractivity contribution in [1.29, 1.82) is 0 Å². The Bertz CT molecular complexity index is 375. The highest BCUT2D eigenvalue weighted by molar-refractivity contribution is 6.74. The number of nitrogens with zero attached hydrogens (tertiary/aromatic N) is 3. The Morgan fingerprint density at radius 2 is 2.00 bits per heavy atom. The highest BCUT2D eigenvalue weighted by Crippen LogP contribution is 2.38. The maximum absolute atomic E-state index is 11.8. The Kier molecular flexibility index (Phi) is 7.22. The summed E-state index contributed by atoms with van der Waals surface area (Å²) in [6.45, 7) is 10.8. The van der Waals surface area contributed by atoms with Crippen LogP contribution >= 0.6 is 0 Å². The largest absolute Gasteiger partial charge is 0.469 e. The van der Waals surface area contributed by atoms with Crippen LogP contribution in [-0.4, -0.2) is 40.1 Å². The van der Waals surface area contributed by atoms with Crippen LogP contribution in [0.5, 0.6) is 0 Å². The van der Waals surface area contributed by atoms with Gasteiger partial charge in [-0.2, -0.15) is 0 Å². The molecule has 0 aliphatic heterocycles. The van der Waals surface area contributed by atoms with E-state index in [-0.39, 0.29) is 5.04 Å². The molecule has 0 spiro atoms. The summed E-state index contributed by atoms with van der Waals surface area (Å²) in [5, 5.41) is 3.51. The maximum atomic E-state index is 11.8. The minimum atomic E-state index is -2.10. The highest BCUT2D eigenvalue weighted by atomic mass is 28.4. The van der Waals surface area contributed by atoms with E-state index in [0.717, 1.165) is 0 Å². The van der Waals surface area contributed by atoms with E-state index in [1.807, 2.05) is 0 Å². The van der Waals surface area contributed by atoms with Gasteiger partial charge in [-0.25, -0.2) is 0 Å². The van der Waals surface area contributed by atoms with E-state index in [1.54, 1.807) is 0 Å². The molecule has 0 heterocycles. The molecule has 20 heavy (non-hydrogen) atoms. The summed E-state index contributed by atoms with van der Waals surface area (Å²) in [6, 6.07) is -0.998. The van der Waals surface area contributed by atoms with Gasteiger partial charge in [0, 0.05) is 4.91 Å². The Balaban J connectivity index is 5.30. The number of hydrogen-bond acceptors (Lipinski definition) is 5. The van der Waals surface area contributed by atoms with E-state index >= 15 is 0 Å². The van der Waals surface area contributed by atoms with E-state index in [1.165, 1.54) is 7.11 Å². The van der Waals surface area contributed by atoms with Crippen molar-refractivity contribution in [2.24, 2.45) is 10.8 Å². The second-order valence-electron chi connectivity index (χ2n) is 6.17. The zero-order chi connectivity index (χ0) is 16.0. The molecule has 0 rings (SSSR count). The molecule has 0 bridgehead atoms. The molecule has 2 N–H and O–H groups in total. The van der Waals surface area contributed by atoms with Crippen molar-refractivity contribution in [3.63, 3.8) is 0 Å². The molecule has 0 fully saturated rings. The average Bonchev–Trinajstić information content (AvgIpc) is 2.33. The predicted octanol–water partition coefficient (Wildman–Crippen LogP) is 2.58. The van der Waals surface area contributed by atoms with Crippen LogP contribution in [0, 0.1) is 0 Å².